The summed E-state index contributed by atoms with van der Waals surface area (Å²) >= 11 is 0. The molecule has 0 aromatic heterocycles. The van der Waals surface area contributed by atoms with Crippen LogP contribution >= 0.6 is 0 Å². The summed E-state index contributed by atoms with van der Waals surface area (Å²) < 4.78 is 9.98. The van der Waals surface area contributed by atoms with Crippen molar-refractivity contribution in [2.24, 2.45) is 0 Å². The molecule has 2 rings (SSSR count). The van der Waals surface area contributed by atoms with Crippen molar-refractivity contribution in [1.29, 1.82) is 0 Å². The van der Waals surface area contributed by atoms with Crippen LogP contribution in [0.3, 0.4) is 0 Å². The van der Waals surface area contributed by atoms with Crippen molar-refractivity contribution >= 4 is 28.6 Å². The van der Waals surface area contributed by atoms with E-state index in [2.05, 4.69) is 5.32 Å². The Kier molecular flexibility index (Phi) is 6.55. The molecule has 1 atom stereocenters. The number of amides is 1. The Hall–Kier alpha value is -2.89. The van der Waals surface area contributed by atoms with Gasteiger partial charge < -0.3 is 14.8 Å². The molecule has 0 fully saturated rings. The van der Waals surface area contributed by atoms with Crippen molar-refractivity contribution in [1.82, 2.24) is 5.32 Å². The smallest absolute Gasteiger partial charge is 0.328 e. The first-order valence-electron chi connectivity index (χ1n) is 8.79. The van der Waals surface area contributed by atoms with Gasteiger partial charge in [0, 0.05) is 12.0 Å². The second-order valence-corrected chi connectivity index (χ2v) is 7.24. The maximum Gasteiger partial charge on any atom is 0.328 e. The van der Waals surface area contributed by atoms with Gasteiger partial charge in [0.1, 0.15) is 11.6 Å². The number of hydrogen-bond acceptors (Lipinski definition) is 5. The Morgan fingerprint density at radius 3 is 2.33 bits per heavy atom. The molecule has 2 aromatic carbocycles. The maximum absolute atomic E-state index is 12.6. The zero-order valence-corrected chi connectivity index (χ0v) is 16.1. The third kappa shape index (κ3) is 6.09. The van der Waals surface area contributed by atoms with Crippen LogP contribution in [0.15, 0.2) is 42.5 Å². The normalized spacial score (nSPS) is 12.3. The average Bonchev–Trinajstić information content (AvgIpc) is 2.62. The van der Waals surface area contributed by atoms with Gasteiger partial charge in [0.2, 0.25) is 0 Å². The Morgan fingerprint density at radius 1 is 1.04 bits per heavy atom. The van der Waals surface area contributed by atoms with E-state index in [1.165, 1.54) is 7.11 Å². The fourth-order valence-electron chi connectivity index (χ4n) is 2.62. The van der Waals surface area contributed by atoms with Gasteiger partial charge in [-0.3, -0.25) is 9.59 Å². The summed E-state index contributed by atoms with van der Waals surface area (Å²) in [5, 5.41) is 4.59. The molecule has 0 saturated carbocycles. The first-order chi connectivity index (χ1) is 12.7. The molecule has 0 heterocycles. The largest absolute Gasteiger partial charge is 0.467 e. The van der Waals surface area contributed by atoms with E-state index in [9.17, 15) is 14.4 Å². The van der Waals surface area contributed by atoms with Crippen molar-refractivity contribution in [3.63, 3.8) is 0 Å². The highest BCUT2D eigenvalue weighted by Gasteiger charge is 2.25. The maximum atomic E-state index is 12.6. The zero-order chi connectivity index (χ0) is 20.0. The standard InChI is InChI=1S/C21H25NO5/c1-21(2,3)27-18(23)12-11-17(20(25)26-4)22-19(24)16-10-9-14-7-5-6-8-15(14)13-16/h5-10,13,17H,11-12H2,1-4H3,(H,22,24)/t17-/m1/s1. The van der Waals surface area contributed by atoms with E-state index in [-0.39, 0.29) is 12.8 Å². The number of rotatable bonds is 6. The van der Waals surface area contributed by atoms with Crippen LogP contribution in [0.2, 0.25) is 0 Å². The molecule has 0 saturated heterocycles. The number of hydrogen-bond donors (Lipinski definition) is 1. The summed E-state index contributed by atoms with van der Waals surface area (Å²) in [6.45, 7) is 5.30. The highest BCUT2D eigenvalue weighted by Crippen LogP contribution is 2.16. The molecule has 6 heteroatoms. The van der Waals surface area contributed by atoms with Crippen LogP contribution in [0, 0.1) is 0 Å². The molecule has 0 bridgehead atoms. The number of fused-ring (bicyclic) bond motifs is 1. The molecule has 1 amide bonds. The van der Waals surface area contributed by atoms with E-state index in [0.29, 0.717) is 5.56 Å². The van der Waals surface area contributed by atoms with Crippen molar-refractivity contribution in [3.8, 4) is 0 Å². The minimum atomic E-state index is -0.929. The Labute approximate surface area is 158 Å². The van der Waals surface area contributed by atoms with E-state index in [1.807, 2.05) is 30.3 Å². The van der Waals surface area contributed by atoms with Crippen LogP contribution in [-0.2, 0) is 19.1 Å². The van der Waals surface area contributed by atoms with E-state index >= 15 is 0 Å². The van der Waals surface area contributed by atoms with Crippen molar-refractivity contribution in [2.75, 3.05) is 7.11 Å². The molecule has 0 aliphatic heterocycles. The number of nitrogens with one attached hydrogen (secondary N) is 1. The van der Waals surface area contributed by atoms with Gasteiger partial charge in [-0.15, -0.1) is 0 Å². The van der Waals surface area contributed by atoms with Gasteiger partial charge in [-0.1, -0.05) is 30.3 Å². The lowest BCUT2D eigenvalue weighted by atomic mass is 10.1. The molecule has 0 aliphatic rings. The van der Waals surface area contributed by atoms with Crippen LogP contribution in [0.25, 0.3) is 10.8 Å². The highest BCUT2D eigenvalue weighted by molar-refractivity contribution is 6.00. The molecule has 0 radical (unpaired) electrons. The summed E-state index contributed by atoms with van der Waals surface area (Å²) in [5.74, 6) is -1.44. The molecule has 0 aliphatic carbocycles. The first-order valence-corrected chi connectivity index (χ1v) is 8.79. The minimum Gasteiger partial charge on any atom is -0.467 e. The predicted octanol–water partition coefficient (Wildman–Crippen LogP) is 3.23. The molecule has 27 heavy (non-hydrogen) atoms. The number of methoxy groups -OCH3 is 1. The molecular formula is C21H25NO5. The number of carbonyl (C=O) groups excluding carboxylic acids is 3. The number of benzene rings is 2. The van der Waals surface area contributed by atoms with Crippen LogP contribution in [-0.4, -0.2) is 36.6 Å². The molecule has 0 spiro atoms. The average molecular weight is 371 g/mol. The molecular weight excluding hydrogens is 346 g/mol. The van der Waals surface area contributed by atoms with E-state index in [0.717, 1.165) is 10.8 Å². The van der Waals surface area contributed by atoms with Crippen LogP contribution in [0.4, 0.5) is 0 Å². The SMILES string of the molecule is COC(=O)[C@@H](CCC(=O)OC(C)(C)C)NC(=O)c1ccc2ccccc2c1. The molecule has 6 nitrogen and oxygen atoms in total. The van der Waals surface area contributed by atoms with Crippen LogP contribution in [0.1, 0.15) is 44.0 Å². The summed E-state index contributed by atoms with van der Waals surface area (Å²) in [5.41, 5.74) is -0.175. The lowest BCUT2D eigenvalue weighted by Gasteiger charge is -2.21. The second-order valence-electron chi connectivity index (χ2n) is 7.24. The molecule has 2 aromatic rings. The Balaban J connectivity index is 2.06. The molecule has 1 N–H and O–H groups in total. The number of esters is 2. The van der Waals surface area contributed by atoms with Gasteiger partial charge in [-0.2, -0.15) is 0 Å². The van der Waals surface area contributed by atoms with Gasteiger partial charge in [-0.05, 0) is 50.1 Å². The highest BCUT2D eigenvalue weighted by atomic mass is 16.6. The van der Waals surface area contributed by atoms with Gasteiger partial charge in [-0.25, -0.2) is 4.79 Å². The first kappa shape index (κ1) is 20.4. The minimum absolute atomic E-state index is 0.00492. The van der Waals surface area contributed by atoms with E-state index < -0.39 is 29.5 Å². The fourth-order valence-corrected chi connectivity index (χ4v) is 2.62. The third-order valence-electron chi connectivity index (χ3n) is 3.86. The summed E-state index contributed by atoms with van der Waals surface area (Å²) in [7, 11) is 1.24. The van der Waals surface area contributed by atoms with E-state index in [1.54, 1.807) is 32.9 Å². The van der Waals surface area contributed by atoms with Gasteiger partial charge in [0.15, 0.2) is 0 Å². The summed E-state index contributed by atoms with van der Waals surface area (Å²) in [4.78, 5) is 36.4. The van der Waals surface area contributed by atoms with Gasteiger partial charge in [0.05, 0.1) is 7.11 Å². The van der Waals surface area contributed by atoms with Gasteiger partial charge >= 0.3 is 11.9 Å². The predicted molar refractivity (Wildman–Crippen MR) is 102 cm³/mol. The topological polar surface area (TPSA) is 81.7 Å². The third-order valence-corrected chi connectivity index (χ3v) is 3.86. The van der Waals surface area contributed by atoms with E-state index in [4.69, 9.17) is 9.47 Å². The lowest BCUT2D eigenvalue weighted by Crippen LogP contribution is -2.42. The monoisotopic (exact) mass is 371 g/mol. The fraction of sp³-hybridized carbons (Fsp3) is 0.381. The van der Waals surface area contributed by atoms with Crippen molar-refractivity contribution < 1.29 is 23.9 Å². The Morgan fingerprint density at radius 2 is 1.70 bits per heavy atom. The second kappa shape index (κ2) is 8.66. The van der Waals surface area contributed by atoms with Crippen molar-refractivity contribution in [3.05, 3.63) is 48.0 Å². The van der Waals surface area contributed by atoms with Crippen LogP contribution in [0.5, 0.6) is 0 Å². The molecule has 144 valence electrons. The molecule has 0 unspecified atom stereocenters. The van der Waals surface area contributed by atoms with Crippen molar-refractivity contribution in [2.45, 2.75) is 45.3 Å². The number of carbonyl (C=O) groups is 3. The van der Waals surface area contributed by atoms with Gasteiger partial charge in [0.25, 0.3) is 5.91 Å². The van der Waals surface area contributed by atoms with Crippen LogP contribution < -0.4 is 5.32 Å². The zero-order valence-electron chi connectivity index (χ0n) is 16.1. The lowest BCUT2D eigenvalue weighted by molar-refractivity contribution is -0.155. The summed E-state index contributed by atoms with van der Waals surface area (Å²) in [6, 6.07) is 12.0. The number of ether oxygens (including phenoxy) is 2. The summed E-state index contributed by atoms with van der Waals surface area (Å²) in [6.07, 6.45) is 0.0932. The Bertz CT molecular complexity index is 838. The quantitative estimate of drug-likeness (QED) is 0.789.